The van der Waals surface area contributed by atoms with E-state index in [1.807, 2.05) is 19.0 Å². The lowest BCUT2D eigenvalue weighted by Gasteiger charge is -2.35. The molecule has 0 atom stereocenters. The first kappa shape index (κ1) is 16.8. The van der Waals surface area contributed by atoms with E-state index < -0.39 is 18.0 Å². The van der Waals surface area contributed by atoms with Crippen LogP contribution in [0.2, 0.25) is 0 Å². The molecule has 0 unspecified atom stereocenters. The number of carbonyl (C=O) groups excluding carboxylic acids is 3. The highest BCUT2D eigenvalue weighted by atomic mass is 16.6. The van der Waals surface area contributed by atoms with Gasteiger partial charge in [-0.1, -0.05) is 0 Å². The van der Waals surface area contributed by atoms with E-state index in [1.165, 1.54) is 18.9 Å². The van der Waals surface area contributed by atoms with Gasteiger partial charge >= 0.3 is 18.0 Å². The van der Waals surface area contributed by atoms with Gasteiger partial charge in [0.25, 0.3) is 0 Å². The van der Waals surface area contributed by atoms with Crippen LogP contribution in [0.1, 0.15) is 6.92 Å². The van der Waals surface area contributed by atoms with Crippen LogP contribution in [0.4, 0.5) is 4.79 Å². The van der Waals surface area contributed by atoms with Crippen molar-refractivity contribution in [3.8, 4) is 0 Å². The number of carbonyl (C=O) groups is 3. The van der Waals surface area contributed by atoms with E-state index in [1.54, 1.807) is 11.1 Å². The molecule has 8 nitrogen and oxygen atoms in total. The van der Waals surface area contributed by atoms with Crippen LogP contribution in [0.3, 0.4) is 0 Å². The quantitative estimate of drug-likeness (QED) is 0.408. The summed E-state index contributed by atoms with van der Waals surface area (Å²) >= 11 is 0. The molecule has 1 aliphatic rings. The fourth-order valence-corrected chi connectivity index (χ4v) is 1.93. The number of nitrogens with zero attached hydrogens (tertiary/aromatic N) is 3. The van der Waals surface area contributed by atoms with E-state index in [0.717, 1.165) is 0 Å². The summed E-state index contributed by atoms with van der Waals surface area (Å²) in [6.45, 7) is 2.84. The highest BCUT2D eigenvalue weighted by Gasteiger charge is 2.27. The van der Waals surface area contributed by atoms with E-state index >= 15 is 0 Å². The van der Waals surface area contributed by atoms with Crippen molar-refractivity contribution in [2.45, 2.75) is 6.92 Å². The Morgan fingerprint density at radius 2 is 1.57 bits per heavy atom. The minimum atomic E-state index is -0.654. The molecule has 1 aliphatic heterocycles. The van der Waals surface area contributed by atoms with Gasteiger partial charge in [0.2, 0.25) is 0 Å². The van der Waals surface area contributed by atoms with E-state index in [-0.39, 0.29) is 0 Å². The summed E-state index contributed by atoms with van der Waals surface area (Å²) < 4.78 is 9.30. The number of hydrogen-bond acceptors (Lipinski definition) is 7. The SMILES string of the molecule is COC(=O)C(=CN(C)C)N1CCN(C(=O)OC(C)=O)CC1. The van der Waals surface area contributed by atoms with E-state index in [2.05, 4.69) is 4.74 Å². The molecule has 8 heteroatoms. The molecule has 0 saturated carbocycles. The number of rotatable bonds is 3. The summed E-state index contributed by atoms with van der Waals surface area (Å²) in [5, 5.41) is 0. The average Bonchev–Trinajstić information content (AvgIpc) is 2.43. The maximum absolute atomic E-state index is 11.8. The lowest BCUT2D eigenvalue weighted by molar-refractivity contribution is -0.138. The summed E-state index contributed by atoms with van der Waals surface area (Å²) in [7, 11) is 4.94. The molecule has 0 N–H and O–H groups in total. The van der Waals surface area contributed by atoms with Crippen LogP contribution in [0.25, 0.3) is 0 Å². The van der Waals surface area contributed by atoms with Gasteiger partial charge in [0, 0.05) is 53.4 Å². The van der Waals surface area contributed by atoms with Gasteiger partial charge in [0.15, 0.2) is 0 Å². The maximum Gasteiger partial charge on any atom is 0.417 e. The summed E-state index contributed by atoms with van der Waals surface area (Å²) in [5.74, 6) is -1.06. The second-order valence-electron chi connectivity index (χ2n) is 4.80. The molecule has 1 rings (SSSR count). The highest BCUT2D eigenvalue weighted by Crippen LogP contribution is 2.12. The number of ether oxygens (including phenoxy) is 2. The Balaban J connectivity index is 2.67. The fourth-order valence-electron chi connectivity index (χ4n) is 1.93. The van der Waals surface area contributed by atoms with Gasteiger partial charge in [-0.25, -0.2) is 9.59 Å². The molecule has 1 heterocycles. The molecule has 0 radical (unpaired) electrons. The molecule has 1 amide bonds. The van der Waals surface area contributed by atoms with Crippen molar-refractivity contribution < 1.29 is 23.9 Å². The van der Waals surface area contributed by atoms with Crippen LogP contribution < -0.4 is 0 Å². The highest BCUT2D eigenvalue weighted by molar-refractivity contribution is 5.87. The van der Waals surface area contributed by atoms with Crippen molar-refractivity contribution in [3.63, 3.8) is 0 Å². The molecule has 1 fully saturated rings. The molecule has 1 saturated heterocycles. The van der Waals surface area contributed by atoms with Crippen LogP contribution in [0.5, 0.6) is 0 Å². The second-order valence-corrected chi connectivity index (χ2v) is 4.80. The number of amides is 1. The van der Waals surface area contributed by atoms with Gasteiger partial charge in [0.05, 0.1) is 7.11 Å². The van der Waals surface area contributed by atoms with Crippen molar-refractivity contribution >= 4 is 18.0 Å². The predicted octanol–water partition coefficient (Wildman–Crippen LogP) is -0.137. The largest absolute Gasteiger partial charge is 0.464 e. The Morgan fingerprint density at radius 1 is 1.05 bits per heavy atom. The third kappa shape index (κ3) is 4.97. The van der Waals surface area contributed by atoms with Crippen LogP contribution in [0.15, 0.2) is 11.9 Å². The smallest absolute Gasteiger partial charge is 0.417 e. The lowest BCUT2D eigenvalue weighted by Crippen LogP contribution is -2.49. The van der Waals surface area contributed by atoms with Crippen molar-refractivity contribution in [3.05, 3.63) is 11.9 Å². The van der Waals surface area contributed by atoms with Gasteiger partial charge in [0.1, 0.15) is 5.70 Å². The predicted molar refractivity (Wildman–Crippen MR) is 74.1 cm³/mol. The summed E-state index contributed by atoms with van der Waals surface area (Å²) in [6, 6.07) is 0. The van der Waals surface area contributed by atoms with Crippen LogP contribution in [-0.2, 0) is 19.1 Å². The van der Waals surface area contributed by atoms with Crippen LogP contribution in [-0.4, -0.2) is 80.1 Å². The molecule has 21 heavy (non-hydrogen) atoms. The first-order chi connectivity index (χ1) is 9.85. The monoisotopic (exact) mass is 299 g/mol. The molecule has 0 spiro atoms. The summed E-state index contributed by atoms with van der Waals surface area (Å²) in [4.78, 5) is 39.2. The minimum Gasteiger partial charge on any atom is -0.464 e. The Morgan fingerprint density at radius 3 is 2.00 bits per heavy atom. The van der Waals surface area contributed by atoms with Crippen molar-refractivity contribution in [1.29, 1.82) is 0 Å². The number of esters is 2. The normalized spacial score (nSPS) is 15.5. The van der Waals surface area contributed by atoms with E-state index in [0.29, 0.717) is 31.9 Å². The topological polar surface area (TPSA) is 79.4 Å². The van der Waals surface area contributed by atoms with Crippen molar-refractivity contribution in [2.75, 3.05) is 47.4 Å². The number of piperazine rings is 1. The Labute approximate surface area is 123 Å². The van der Waals surface area contributed by atoms with Crippen LogP contribution >= 0.6 is 0 Å². The zero-order chi connectivity index (χ0) is 16.0. The zero-order valence-electron chi connectivity index (χ0n) is 12.8. The molecule has 0 aromatic rings. The third-order valence-corrected chi connectivity index (χ3v) is 2.88. The molecule has 0 aliphatic carbocycles. The van der Waals surface area contributed by atoms with Gasteiger partial charge in [-0.2, -0.15) is 0 Å². The molecular formula is C13H21N3O5. The second kappa shape index (κ2) is 7.51. The van der Waals surface area contributed by atoms with Gasteiger partial charge in [-0.3, -0.25) is 4.79 Å². The molecule has 0 aromatic carbocycles. The number of methoxy groups -OCH3 is 1. The summed E-state index contributed by atoms with van der Waals surface area (Å²) in [5.41, 5.74) is 0.432. The Bertz CT molecular complexity index is 439. The standard InChI is InChI=1S/C13H21N3O5/c1-10(17)21-13(19)16-7-5-15(6-8-16)11(9-14(2)3)12(18)20-4/h9H,5-8H2,1-4H3. The first-order valence-electron chi connectivity index (χ1n) is 6.54. The van der Waals surface area contributed by atoms with Crippen LogP contribution in [0, 0.1) is 0 Å². The molecule has 0 aromatic heterocycles. The van der Waals surface area contributed by atoms with E-state index in [4.69, 9.17) is 4.74 Å². The molecule has 118 valence electrons. The lowest BCUT2D eigenvalue weighted by atomic mass is 10.3. The first-order valence-corrected chi connectivity index (χ1v) is 6.54. The zero-order valence-corrected chi connectivity index (χ0v) is 12.8. The van der Waals surface area contributed by atoms with E-state index in [9.17, 15) is 14.4 Å². The maximum atomic E-state index is 11.8. The fraction of sp³-hybridized carbons (Fsp3) is 0.615. The average molecular weight is 299 g/mol. The molecule has 0 bridgehead atoms. The molecular weight excluding hydrogens is 278 g/mol. The van der Waals surface area contributed by atoms with Gasteiger partial charge in [-0.15, -0.1) is 0 Å². The number of hydrogen-bond donors (Lipinski definition) is 0. The van der Waals surface area contributed by atoms with Crippen molar-refractivity contribution in [1.82, 2.24) is 14.7 Å². The summed E-state index contributed by atoms with van der Waals surface area (Å²) in [6.07, 6.45) is 1.02. The Kier molecular flexibility index (Phi) is 6.01. The Hall–Kier alpha value is -2.25. The van der Waals surface area contributed by atoms with Crippen molar-refractivity contribution in [2.24, 2.45) is 0 Å². The third-order valence-electron chi connectivity index (χ3n) is 2.88. The van der Waals surface area contributed by atoms with Gasteiger partial charge in [-0.05, 0) is 0 Å². The van der Waals surface area contributed by atoms with Gasteiger partial charge < -0.3 is 24.2 Å². The minimum absolute atomic E-state index is 0.369.